The summed E-state index contributed by atoms with van der Waals surface area (Å²) < 4.78 is 20.9. The standard InChI is InChI=1S/C31H31FN8O3/c1-3-8-23-17-28(31(42)34-22(16-29(41)43-2)15-21-9-4-7-12-26(21)32)37-40(23)19-20-13-14-27(33-18-20)24-10-5-6-11-25(24)30-35-38-39-36-30/h4-7,9-14,17-18,22H,3,8,15-16,19H2,1-2H3,(H,34,42)(H,35,36,38,39)/t22-/m1/s1. The molecule has 3 aromatic heterocycles. The Balaban J connectivity index is 1.33. The first-order valence-electron chi connectivity index (χ1n) is 13.9. The molecule has 1 atom stereocenters. The van der Waals surface area contributed by atoms with Gasteiger partial charge in [0.2, 0.25) is 5.82 Å². The molecule has 0 unspecified atom stereocenters. The third-order valence-corrected chi connectivity index (χ3v) is 6.95. The fourth-order valence-electron chi connectivity index (χ4n) is 4.84. The number of carbonyl (C=O) groups excluding carboxylic acids is 2. The summed E-state index contributed by atoms with van der Waals surface area (Å²) in [5, 5.41) is 21.8. The summed E-state index contributed by atoms with van der Waals surface area (Å²) in [7, 11) is 1.27. The van der Waals surface area contributed by atoms with E-state index >= 15 is 0 Å². The highest BCUT2D eigenvalue weighted by Gasteiger charge is 2.22. The fraction of sp³-hybridized carbons (Fsp3) is 0.258. The molecule has 0 aliphatic carbocycles. The first kappa shape index (κ1) is 29.2. The van der Waals surface area contributed by atoms with Gasteiger partial charge in [0, 0.05) is 29.1 Å². The lowest BCUT2D eigenvalue weighted by Gasteiger charge is -2.17. The summed E-state index contributed by atoms with van der Waals surface area (Å²) in [6, 6.07) is 18.9. The van der Waals surface area contributed by atoms with Gasteiger partial charge in [-0.15, -0.1) is 10.2 Å². The van der Waals surface area contributed by atoms with E-state index in [1.165, 1.54) is 13.2 Å². The molecule has 0 bridgehead atoms. The van der Waals surface area contributed by atoms with Crippen LogP contribution in [0.15, 0.2) is 72.9 Å². The number of halogens is 1. The largest absolute Gasteiger partial charge is 0.469 e. The van der Waals surface area contributed by atoms with Crippen molar-refractivity contribution in [3.63, 3.8) is 0 Å². The van der Waals surface area contributed by atoms with Gasteiger partial charge in [0.15, 0.2) is 0 Å². The number of hydrogen-bond acceptors (Lipinski definition) is 8. The minimum atomic E-state index is -0.677. The molecule has 43 heavy (non-hydrogen) atoms. The number of benzene rings is 2. The highest BCUT2D eigenvalue weighted by molar-refractivity contribution is 5.93. The molecule has 2 N–H and O–H groups in total. The first-order valence-corrected chi connectivity index (χ1v) is 13.9. The number of aromatic amines is 1. The predicted octanol–water partition coefficient (Wildman–Crippen LogP) is 4.17. The Morgan fingerprint density at radius 2 is 1.86 bits per heavy atom. The predicted molar refractivity (Wildman–Crippen MR) is 156 cm³/mol. The Kier molecular flexibility index (Phi) is 9.25. The smallest absolute Gasteiger partial charge is 0.307 e. The van der Waals surface area contributed by atoms with E-state index in [4.69, 9.17) is 4.74 Å². The Morgan fingerprint density at radius 1 is 1.07 bits per heavy atom. The van der Waals surface area contributed by atoms with Crippen LogP contribution < -0.4 is 5.32 Å². The number of ether oxygens (including phenoxy) is 1. The second-order valence-corrected chi connectivity index (χ2v) is 10.0. The number of amides is 1. The van der Waals surface area contributed by atoms with E-state index in [1.54, 1.807) is 35.1 Å². The van der Waals surface area contributed by atoms with E-state index < -0.39 is 23.7 Å². The topological polar surface area (TPSA) is 141 Å². The SMILES string of the molecule is CCCc1cc(C(=O)N[C@@H](CC(=O)OC)Cc2ccccc2F)nn1Cc1ccc(-c2ccccc2-c2nn[nH]n2)nc1. The molecule has 1 amide bonds. The van der Waals surface area contributed by atoms with Gasteiger partial charge in [-0.25, -0.2) is 4.39 Å². The molecule has 11 nitrogen and oxygen atoms in total. The number of nitrogens with one attached hydrogen (secondary N) is 2. The van der Waals surface area contributed by atoms with E-state index in [0.717, 1.165) is 34.5 Å². The summed E-state index contributed by atoms with van der Waals surface area (Å²) >= 11 is 0. The monoisotopic (exact) mass is 582 g/mol. The molecular weight excluding hydrogens is 551 g/mol. The molecule has 2 aromatic carbocycles. The molecule has 0 saturated heterocycles. The zero-order valence-corrected chi connectivity index (χ0v) is 23.8. The van der Waals surface area contributed by atoms with Gasteiger partial charge < -0.3 is 10.1 Å². The summed E-state index contributed by atoms with van der Waals surface area (Å²) in [5.74, 6) is -0.877. The van der Waals surface area contributed by atoms with Crippen molar-refractivity contribution in [1.29, 1.82) is 0 Å². The number of methoxy groups -OCH3 is 1. The number of H-pyrrole nitrogens is 1. The third-order valence-electron chi connectivity index (χ3n) is 6.95. The molecule has 0 radical (unpaired) electrons. The van der Waals surface area contributed by atoms with Crippen molar-refractivity contribution in [2.75, 3.05) is 7.11 Å². The quantitative estimate of drug-likeness (QED) is 0.209. The van der Waals surface area contributed by atoms with Gasteiger partial charge in [-0.3, -0.25) is 19.3 Å². The Hall–Kier alpha value is -5.26. The van der Waals surface area contributed by atoms with Crippen LogP contribution in [0, 0.1) is 5.82 Å². The molecule has 0 saturated carbocycles. The summed E-state index contributed by atoms with van der Waals surface area (Å²) in [6.07, 6.45) is 3.37. The average Bonchev–Trinajstić information content (AvgIpc) is 3.70. The highest BCUT2D eigenvalue weighted by atomic mass is 19.1. The molecule has 0 aliphatic heterocycles. The van der Waals surface area contributed by atoms with Crippen LogP contribution in [0.5, 0.6) is 0 Å². The number of nitrogens with zero attached hydrogens (tertiary/aromatic N) is 6. The van der Waals surface area contributed by atoms with E-state index in [-0.39, 0.29) is 18.5 Å². The van der Waals surface area contributed by atoms with Crippen LogP contribution in [0.3, 0.4) is 0 Å². The molecule has 5 rings (SSSR count). The zero-order valence-electron chi connectivity index (χ0n) is 23.8. The van der Waals surface area contributed by atoms with Crippen LogP contribution in [-0.2, 0) is 28.9 Å². The Labute approximate surface area is 247 Å². The van der Waals surface area contributed by atoms with Gasteiger partial charge in [-0.2, -0.15) is 10.3 Å². The fourth-order valence-corrected chi connectivity index (χ4v) is 4.84. The van der Waals surface area contributed by atoms with E-state index in [2.05, 4.69) is 42.9 Å². The summed E-state index contributed by atoms with van der Waals surface area (Å²) in [4.78, 5) is 30.0. The lowest BCUT2D eigenvalue weighted by molar-refractivity contribution is -0.141. The van der Waals surface area contributed by atoms with Gasteiger partial charge >= 0.3 is 5.97 Å². The lowest BCUT2D eigenvalue weighted by atomic mass is 10.0. The van der Waals surface area contributed by atoms with Crippen LogP contribution in [0.4, 0.5) is 4.39 Å². The number of aromatic nitrogens is 7. The second kappa shape index (κ2) is 13.6. The van der Waals surface area contributed by atoms with Crippen LogP contribution in [-0.4, -0.2) is 60.4 Å². The molecule has 0 aliphatic rings. The van der Waals surface area contributed by atoms with Crippen molar-refractivity contribution in [1.82, 2.24) is 40.7 Å². The summed E-state index contributed by atoms with van der Waals surface area (Å²) in [6.45, 7) is 2.46. The molecule has 12 heteroatoms. The molecule has 0 spiro atoms. The van der Waals surface area contributed by atoms with Crippen LogP contribution >= 0.6 is 0 Å². The van der Waals surface area contributed by atoms with Crippen molar-refractivity contribution in [2.24, 2.45) is 0 Å². The lowest BCUT2D eigenvalue weighted by Crippen LogP contribution is -2.38. The maximum atomic E-state index is 14.3. The molecule has 220 valence electrons. The van der Waals surface area contributed by atoms with Crippen molar-refractivity contribution < 1.29 is 18.7 Å². The van der Waals surface area contributed by atoms with Crippen molar-refractivity contribution >= 4 is 11.9 Å². The van der Waals surface area contributed by atoms with Crippen molar-refractivity contribution in [2.45, 2.75) is 45.2 Å². The Morgan fingerprint density at radius 3 is 2.56 bits per heavy atom. The molecule has 0 fully saturated rings. The second-order valence-electron chi connectivity index (χ2n) is 10.0. The number of tetrazole rings is 1. The minimum Gasteiger partial charge on any atom is -0.469 e. The summed E-state index contributed by atoms with van der Waals surface area (Å²) in [5.41, 5.74) is 4.83. The average molecular weight is 583 g/mol. The number of pyridine rings is 1. The third kappa shape index (κ3) is 7.15. The molecule has 5 aromatic rings. The first-order chi connectivity index (χ1) is 20.9. The van der Waals surface area contributed by atoms with Gasteiger partial charge in [0.05, 0.1) is 25.8 Å². The molecular formula is C31H31FN8O3. The maximum absolute atomic E-state index is 14.3. The minimum absolute atomic E-state index is 0.104. The van der Waals surface area contributed by atoms with Gasteiger partial charge in [-0.1, -0.05) is 61.9 Å². The van der Waals surface area contributed by atoms with Gasteiger partial charge in [0.25, 0.3) is 5.91 Å². The van der Waals surface area contributed by atoms with Crippen LogP contribution in [0.1, 0.15) is 47.1 Å². The zero-order chi connectivity index (χ0) is 30.2. The van der Waals surface area contributed by atoms with Crippen molar-refractivity contribution in [3.05, 3.63) is 101 Å². The number of aryl methyl sites for hydroxylation is 1. The normalized spacial score (nSPS) is 11.7. The number of esters is 1. The number of hydrogen-bond donors (Lipinski definition) is 2. The van der Waals surface area contributed by atoms with Gasteiger partial charge in [-0.05, 0) is 47.4 Å². The van der Waals surface area contributed by atoms with E-state index in [0.29, 0.717) is 24.4 Å². The van der Waals surface area contributed by atoms with Crippen molar-refractivity contribution in [3.8, 4) is 22.6 Å². The van der Waals surface area contributed by atoms with E-state index in [9.17, 15) is 14.0 Å². The van der Waals surface area contributed by atoms with E-state index in [1.807, 2.05) is 36.4 Å². The highest BCUT2D eigenvalue weighted by Crippen LogP contribution is 2.28. The van der Waals surface area contributed by atoms with Gasteiger partial charge in [0.1, 0.15) is 11.5 Å². The number of rotatable bonds is 12. The van der Waals surface area contributed by atoms with Crippen LogP contribution in [0.2, 0.25) is 0 Å². The maximum Gasteiger partial charge on any atom is 0.307 e. The number of carbonyl (C=O) groups is 2. The van der Waals surface area contributed by atoms with Crippen LogP contribution in [0.25, 0.3) is 22.6 Å². The Bertz CT molecular complexity index is 1690. The molecule has 3 heterocycles.